The summed E-state index contributed by atoms with van der Waals surface area (Å²) in [5.74, 6) is 0.334. The van der Waals surface area contributed by atoms with Crippen molar-refractivity contribution in [3.05, 3.63) is 24.0 Å². The second-order valence-electron chi connectivity index (χ2n) is 8.46. The van der Waals surface area contributed by atoms with Crippen molar-refractivity contribution < 1.29 is 14.7 Å². The van der Waals surface area contributed by atoms with Gasteiger partial charge in [0.2, 0.25) is 0 Å². The molecule has 3 rings (SSSR count). The number of carboxylic acid groups (broad SMARTS) is 1. The van der Waals surface area contributed by atoms with Gasteiger partial charge in [-0.25, -0.2) is 9.78 Å². The summed E-state index contributed by atoms with van der Waals surface area (Å²) in [4.78, 5) is 28.8. The van der Waals surface area contributed by atoms with Crippen molar-refractivity contribution in [2.75, 3.05) is 18.1 Å². The predicted molar refractivity (Wildman–Crippen MR) is 105 cm³/mol. The smallest absolute Gasteiger partial charge is 0.405 e. The highest BCUT2D eigenvalue weighted by Crippen LogP contribution is 2.33. The van der Waals surface area contributed by atoms with Crippen molar-refractivity contribution in [1.29, 1.82) is 5.26 Å². The molecule has 0 bridgehead atoms. The van der Waals surface area contributed by atoms with E-state index in [1.54, 1.807) is 32.9 Å². The van der Waals surface area contributed by atoms with Gasteiger partial charge in [-0.05, 0) is 12.3 Å². The number of nitrogens with zero attached hydrogens (tertiary/aromatic N) is 6. The molecule has 0 aromatic carbocycles. The van der Waals surface area contributed by atoms with Gasteiger partial charge in [0, 0.05) is 30.6 Å². The zero-order valence-corrected chi connectivity index (χ0v) is 17.0. The van der Waals surface area contributed by atoms with Crippen LogP contribution in [-0.4, -0.2) is 55.8 Å². The third kappa shape index (κ3) is 4.23. The van der Waals surface area contributed by atoms with Gasteiger partial charge in [0.1, 0.15) is 17.8 Å². The molecule has 0 radical (unpaired) electrons. The molecule has 1 atom stereocenters. The average Bonchev–Trinajstić information content (AvgIpc) is 3.22. The van der Waals surface area contributed by atoms with Crippen molar-refractivity contribution in [2.45, 2.75) is 40.2 Å². The van der Waals surface area contributed by atoms with Crippen LogP contribution in [0.5, 0.6) is 0 Å². The maximum Gasteiger partial charge on any atom is 0.405 e. The number of hydrogen-bond acceptors (Lipinski definition) is 6. The van der Waals surface area contributed by atoms with Crippen LogP contribution in [0.2, 0.25) is 0 Å². The van der Waals surface area contributed by atoms with Gasteiger partial charge < -0.3 is 10.4 Å². The quantitative estimate of drug-likeness (QED) is 0.786. The molecule has 0 spiro atoms. The third-order valence-corrected chi connectivity index (χ3v) is 4.72. The molecule has 1 saturated heterocycles. The summed E-state index contributed by atoms with van der Waals surface area (Å²) in [6, 6.07) is 4.45. The highest BCUT2D eigenvalue weighted by atomic mass is 16.4. The van der Waals surface area contributed by atoms with Gasteiger partial charge in [-0.15, -0.1) is 0 Å². The zero-order chi connectivity index (χ0) is 21.3. The van der Waals surface area contributed by atoms with Crippen LogP contribution < -0.4 is 10.3 Å². The lowest BCUT2D eigenvalue weighted by Crippen LogP contribution is -2.53. The summed E-state index contributed by atoms with van der Waals surface area (Å²) >= 11 is 0. The van der Waals surface area contributed by atoms with Crippen LogP contribution in [0.1, 0.15) is 39.8 Å². The summed E-state index contributed by atoms with van der Waals surface area (Å²) in [5.41, 5.74) is 0.475. The maximum absolute atomic E-state index is 13.4. The molecule has 1 aliphatic heterocycles. The fraction of sp³-hybridized carbons (Fsp3) is 0.526. The molecule has 0 aliphatic carbocycles. The molecule has 1 unspecified atom stereocenters. The molecule has 2 N–H and O–H groups in total. The van der Waals surface area contributed by atoms with Gasteiger partial charge >= 0.3 is 6.09 Å². The van der Waals surface area contributed by atoms with Crippen molar-refractivity contribution in [2.24, 2.45) is 11.3 Å². The van der Waals surface area contributed by atoms with Crippen molar-refractivity contribution >= 4 is 23.5 Å². The minimum atomic E-state index is -1.24. The molecule has 0 saturated carbocycles. The van der Waals surface area contributed by atoms with E-state index in [1.807, 2.05) is 33.8 Å². The second kappa shape index (κ2) is 7.58. The molecule has 3 heterocycles. The lowest BCUT2D eigenvalue weighted by atomic mass is 9.95. The number of aromatic nitrogens is 3. The Balaban J connectivity index is 2.04. The van der Waals surface area contributed by atoms with E-state index in [0.717, 1.165) is 0 Å². The summed E-state index contributed by atoms with van der Waals surface area (Å²) in [5, 5.41) is 28.5. The largest absolute Gasteiger partial charge is 0.465 e. The number of hydrazine groups is 1. The first-order chi connectivity index (χ1) is 13.6. The number of carbonyl (C=O) groups excluding carboxylic acids is 1. The van der Waals surface area contributed by atoms with E-state index in [0.29, 0.717) is 31.0 Å². The molecular weight excluding hydrogens is 374 g/mol. The predicted octanol–water partition coefficient (Wildman–Crippen LogP) is 1.87. The van der Waals surface area contributed by atoms with Crippen molar-refractivity contribution in [1.82, 2.24) is 24.9 Å². The number of anilines is 1. The molecule has 2 amide bonds. The molecule has 1 fully saturated rings. The molecule has 29 heavy (non-hydrogen) atoms. The molecule has 154 valence electrons. The van der Waals surface area contributed by atoms with E-state index in [9.17, 15) is 20.0 Å². The van der Waals surface area contributed by atoms with Crippen LogP contribution in [0.4, 0.5) is 10.6 Å². The first kappa shape index (κ1) is 20.4. The average molecular weight is 399 g/mol. The Labute approximate surface area is 168 Å². The van der Waals surface area contributed by atoms with E-state index in [-0.39, 0.29) is 22.9 Å². The summed E-state index contributed by atoms with van der Waals surface area (Å²) in [7, 11) is 0. The van der Waals surface area contributed by atoms with Crippen LogP contribution in [0.15, 0.2) is 18.3 Å². The normalized spacial score (nSPS) is 16.8. The van der Waals surface area contributed by atoms with Gasteiger partial charge in [-0.1, -0.05) is 27.7 Å². The Kier molecular flexibility index (Phi) is 5.33. The van der Waals surface area contributed by atoms with Gasteiger partial charge in [-0.2, -0.15) is 14.9 Å². The van der Waals surface area contributed by atoms with Gasteiger partial charge in [0.05, 0.1) is 6.20 Å². The highest BCUT2D eigenvalue weighted by Gasteiger charge is 2.42. The first-order valence-electron chi connectivity index (χ1n) is 9.44. The van der Waals surface area contributed by atoms with E-state index in [2.05, 4.69) is 15.4 Å². The van der Waals surface area contributed by atoms with Crippen LogP contribution in [0.3, 0.4) is 0 Å². The van der Waals surface area contributed by atoms with Crippen molar-refractivity contribution in [3.8, 4) is 6.07 Å². The topological polar surface area (TPSA) is 127 Å². The first-order valence-corrected chi connectivity index (χ1v) is 9.44. The lowest BCUT2D eigenvalue weighted by Gasteiger charge is -2.32. The molecule has 1 aliphatic rings. The third-order valence-electron chi connectivity index (χ3n) is 4.72. The van der Waals surface area contributed by atoms with Gasteiger partial charge in [0.25, 0.3) is 5.91 Å². The molecular formula is C19H25N7O3. The number of rotatable bonds is 5. The number of nitrogens with one attached hydrogen (secondary N) is 1. The number of carbonyl (C=O) groups is 2. The monoisotopic (exact) mass is 399 g/mol. The molecule has 2 aromatic heterocycles. The zero-order valence-electron chi connectivity index (χ0n) is 17.0. The number of fused-ring (bicyclic) bond motifs is 1. The molecule has 10 heteroatoms. The van der Waals surface area contributed by atoms with Crippen LogP contribution in [0.25, 0.3) is 5.65 Å². The van der Waals surface area contributed by atoms with Crippen LogP contribution >= 0.6 is 0 Å². The minimum absolute atomic E-state index is 0.129. The molecule has 10 nitrogen and oxygen atoms in total. The lowest BCUT2D eigenvalue weighted by molar-refractivity contribution is -0.133. The van der Waals surface area contributed by atoms with E-state index in [4.69, 9.17) is 0 Å². The number of nitriles is 1. The Bertz CT molecular complexity index is 976. The van der Waals surface area contributed by atoms with E-state index in [1.165, 1.54) is 0 Å². The fourth-order valence-electron chi connectivity index (χ4n) is 3.59. The second-order valence-corrected chi connectivity index (χ2v) is 8.46. The summed E-state index contributed by atoms with van der Waals surface area (Å²) < 4.78 is 1.57. The van der Waals surface area contributed by atoms with E-state index >= 15 is 0 Å². The van der Waals surface area contributed by atoms with Crippen LogP contribution in [0, 0.1) is 22.7 Å². The Morgan fingerprint density at radius 1 is 1.38 bits per heavy atom. The fourth-order valence-corrected chi connectivity index (χ4v) is 3.59. The maximum atomic E-state index is 13.4. The number of amides is 2. The van der Waals surface area contributed by atoms with E-state index < -0.39 is 12.1 Å². The highest BCUT2D eigenvalue weighted by molar-refractivity contribution is 5.87. The van der Waals surface area contributed by atoms with Gasteiger partial charge in [-0.3, -0.25) is 14.8 Å². The van der Waals surface area contributed by atoms with Crippen molar-refractivity contribution in [3.63, 3.8) is 0 Å². The number of hydrogen-bond donors (Lipinski definition) is 2. The Morgan fingerprint density at radius 3 is 2.72 bits per heavy atom. The summed E-state index contributed by atoms with van der Waals surface area (Å²) in [6.45, 7) is 8.85. The SMILES string of the molecule is CC(C)CC(NC(=O)O)C(=O)N1CC(C)(C)CN1c1cc(C#N)nc2ccnn12. The van der Waals surface area contributed by atoms with Crippen LogP contribution in [-0.2, 0) is 4.79 Å². The minimum Gasteiger partial charge on any atom is -0.465 e. The Hall–Kier alpha value is -3.35. The van der Waals surface area contributed by atoms with Gasteiger partial charge in [0.15, 0.2) is 11.5 Å². The Morgan fingerprint density at radius 2 is 2.10 bits per heavy atom. The summed E-state index contributed by atoms with van der Waals surface area (Å²) in [6.07, 6.45) is 0.722. The standard InChI is InChI=1S/C19H25N7O3/c1-12(2)7-14(23-18(28)29)17(27)25-11-19(3,4)10-24(25)16-8-13(9-20)22-15-5-6-21-26(15)16/h5-6,8,12,14,23H,7,10-11H2,1-4H3,(H,28,29). The molecule has 2 aromatic rings.